The SMILES string of the molecule is O=C(O)CCN(Cc1ccccc1)C(=O)[C@H]1CCC[C@H]1CNC(=O)OCC1c2ccccc2-c2ccccc21. The number of nitrogens with one attached hydrogen (secondary N) is 1. The Morgan fingerprint density at radius 3 is 2.18 bits per heavy atom. The Morgan fingerprint density at radius 1 is 0.872 bits per heavy atom. The Labute approximate surface area is 228 Å². The van der Waals surface area contributed by atoms with Crippen molar-refractivity contribution < 1.29 is 24.2 Å². The van der Waals surface area contributed by atoms with Crippen molar-refractivity contribution in [2.75, 3.05) is 19.7 Å². The molecule has 2 atom stereocenters. The van der Waals surface area contributed by atoms with Crippen LogP contribution in [-0.4, -0.2) is 47.7 Å². The van der Waals surface area contributed by atoms with Gasteiger partial charge in [0.1, 0.15) is 6.61 Å². The smallest absolute Gasteiger partial charge is 0.407 e. The van der Waals surface area contributed by atoms with Crippen LogP contribution in [0, 0.1) is 11.8 Å². The number of ether oxygens (including phenoxy) is 1. The second kappa shape index (κ2) is 12.2. The molecule has 202 valence electrons. The highest BCUT2D eigenvalue weighted by Gasteiger charge is 2.36. The van der Waals surface area contributed by atoms with Gasteiger partial charge in [0, 0.05) is 31.5 Å². The fraction of sp³-hybridized carbons (Fsp3) is 0.344. The summed E-state index contributed by atoms with van der Waals surface area (Å²) in [5.74, 6) is -1.25. The topological polar surface area (TPSA) is 95.9 Å². The van der Waals surface area contributed by atoms with Gasteiger partial charge in [0.2, 0.25) is 5.91 Å². The largest absolute Gasteiger partial charge is 0.481 e. The predicted molar refractivity (Wildman–Crippen MR) is 148 cm³/mol. The van der Waals surface area contributed by atoms with Crippen LogP contribution in [0.15, 0.2) is 78.9 Å². The summed E-state index contributed by atoms with van der Waals surface area (Å²) in [6.45, 7) is 1.13. The molecule has 2 aliphatic carbocycles. The number of nitrogens with zero attached hydrogens (tertiary/aromatic N) is 1. The molecular weight excluding hydrogens is 492 g/mol. The minimum atomic E-state index is -0.930. The molecule has 0 unspecified atom stereocenters. The van der Waals surface area contributed by atoms with E-state index in [1.165, 1.54) is 11.1 Å². The van der Waals surface area contributed by atoms with Crippen molar-refractivity contribution in [3.8, 4) is 11.1 Å². The van der Waals surface area contributed by atoms with Gasteiger partial charge in [-0.3, -0.25) is 9.59 Å². The van der Waals surface area contributed by atoms with E-state index in [1.54, 1.807) is 4.90 Å². The molecule has 0 saturated heterocycles. The summed E-state index contributed by atoms with van der Waals surface area (Å²) >= 11 is 0. The van der Waals surface area contributed by atoms with Gasteiger partial charge >= 0.3 is 12.1 Å². The molecule has 0 aromatic heterocycles. The molecule has 0 radical (unpaired) electrons. The summed E-state index contributed by atoms with van der Waals surface area (Å²) in [5.41, 5.74) is 5.64. The quantitative estimate of drug-likeness (QED) is 0.367. The molecular formula is C32H34N2O5. The number of carbonyl (C=O) groups is 3. The Bertz CT molecular complexity index is 1280. The maximum Gasteiger partial charge on any atom is 0.407 e. The van der Waals surface area contributed by atoms with Gasteiger partial charge < -0.3 is 20.1 Å². The van der Waals surface area contributed by atoms with Crippen LogP contribution in [0.1, 0.15) is 48.3 Å². The summed E-state index contributed by atoms with van der Waals surface area (Å²) < 4.78 is 5.68. The monoisotopic (exact) mass is 526 g/mol. The lowest BCUT2D eigenvalue weighted by molar-refractivity contribution is -0.140. The number of amides is 2. The molecule has 5 rings (SSSR count). The molecule has 0 spiro atoms. The molecule has 2 amide bonds. The van der Waals surface area contributed by atoms with E-state index < -0.39 is 12.1 Å². The molecule has 1 saturated carbocycles. The number of fused-ring (bicyclic) bond motifs is 3. The summed E-state index contributed by atoms with van der Waals surface area (Å²) in [7, 11) is 0. The summed E-state index contributed by atoms with van der Waals surface area (Å²) in [6.07, 6.45) is 1.87. The van der Waals surface area contributed by atoms with Crippen molar-refractivity contribution >= 4 is 18.0 Å². The molecule has 2 aliphatic rings. The maximum absolute atomic E-state index is 13.5. The maximum atomic E-state index is 13.5. The zero-order valence-corrected chi connectivity index (χ0v) is 21.9. The van der Waals surface area contributed by atoms with E-state index in [4.69, 9.17) is 4.74 Å². The fourth-order valence-electron chi connectivity index (χ4n) is 6.01. The second-order valence-corrected chi connectivity index (χ2v) is 10.4. The van der Waals surface area contributed by atoms with Gasteiger partial charge in [0.15, 0.2) is 0 Å². The lowest BCUT2D eigenvalue weighted by atomic mass is 9.94. The van der Waals surface area contributed by atoms with Gasteiger partial charge in [-0.25, -0.2) is 4.79 Å². The summed E-state index contributed by atoms with van der Waals surface area (Å²) in [5, 5.41) is 12.1. The first-order valence-corrected chi connectivity index (χ1v) is 13.6. The van der Waals surface area contributed by atoms with Crippen molar-refractivity contribution in [2.24, 2.45) is 11.8 Å². The molecule has 39 heavy (non-hydrogen) atoms. The van der Waals surface area contributed by atoms with E-state index >= 15 is 0 Å². The summed E-state index contributed by atoms with van der Waals surface area (Å²) in [4.78, 5) is 39.1. The molecule has 3 aromatic rings. The average molecular weight is 527 g/mol. The third kappa shape index (κ3) is 6.14. The molecule has 0 bridgehead atoms. The number of hydrogen-bond donors (Lipinski definition) is 2. The zero-order chi connectivity index (χ0) is 27.2. The van der Waals surface area contributed by atoms with Crippen LogP contribution in [0.2, 0.25) is 0 Å². The van der Waals surface area contributed by atoms with Gasteiger partial charge in [-0.1, -0.05) is 85.3 Å². The Morgan fingerprint density at radius 2 is 1.51 bits per heavy atom. The highest BCUT2D eigenvalue weighted by Crippen LogP contribution is 2.44. The molecule has 0 aliphatic heterocycles. The third-order valence-electron chi connectivity index (χ3n) is 7.95. The van der Waals surface area contributed by atoms with Crippen molar-refractivity contribution in [3.05, 3.63) is 95.6 Å². The normalized spacial score (nSPS) is 17.7. The number of alkyl carbamates (subject to hydrolysis) is 1. The van der Waals surface area contributed by atoms with Crippen LogP contribution in [0.3, 0.4) is 0 Å². The van der Waals surface area contributed by atoms with E-state index in [2.05, 4.69) is 29.6 Å². The second-order valence-electron chi connectivity index (χ2n) is 10.4. The molecule has 7 nitrogen and oxygen atoms in total. The number of rotatable bonds is 10. The summed E-state index contributed by atoms with van der Waals surface area (Å²) in [6, 6.07) is 26.0. The van der Waals surface area contributed by atoms with Crippen molar-refractivity contribution in [1.82, 2.24) is 10.2 Å². The fourth-order valence-corrected chi connectivity index (χ4v) is 6.01. The van der Waals surface area contributed by atoms with Gasteiger partial charge in [-0.05, 0) is 46.6 Å². The average Bonchev–Trinajstić information content (AvgIpc) is 3.56. The van der Waals surface area contributed by atoms with E-state index in [-0.39, 0.29) is 43.2 Å². The standard InChI is InChI=1S/C32H34N2O5/c35-30(36)17-18-34(20-22-9-2-1-3-10-22)31(37)24-16-8-11-23(24)19-33-32(38)39-21-29-27-14-6-4-12-25(27)26-13-5-7-15-28(26)29/h1-7,9-10,12-15,23-24,29H,8,11,16-21H2,(H,33,38)(H,35,36)/t23-,24-/m0/s1. The predicted octanol–water partition coefficient (Wildman–Crippen LogP) is 5.44. The minimum Gasteiger partial charge on any atom is -0.481 e. The van der Waals surface area contributed by atoms with Crippen LogP contribution in [0.25, 0.3) is 11.1 Å². The van der Waals surface area contributed by atoms with Crippen molar-refractivity contribution in [3.63, 3.8) is 0 Å². The first-order valence-electron chi connectivity index (χ1n) is 13.6. The van der Waals surface area contributed by atoms with Crippen LogP contribution < -0.4 is 5.32 Å². The minimum absolute atomic E-state index is 0.00950. The lowest BCUT2D eigenvalue weighted by Crippen LogP contribution is -2.41. The number of carbonyl (C=O) groups excluding carboxylic acids is 2. The molecule has 0 heterocycles. The van der Waals surface area contributed by atoms with Crippen molar-refractivity contribution in [2.45, 2.75) is 38.1 Å². The molecule has 1 fully saturated rings. The van der Waals surface area contributed by atoms with E-state index in [1.807, 2.05) is 54.6 Å². The van der Waals surface area contributed by atoms with E-state index in [9.17, 15) is 19.5 Å². The van der Waals surface area contributed by atoms with Gasteiger partial charge in [-0.15, -0.1) is 0 Å². The first kappa shape index (κ1) is 26.5. The molecule has 2 N–H and O–H groups in total. The lowest BCUT2D eigenvalue weighted by Gasteiger charge is -2.28. The van der Waals surface area contributed by atoms with Crippen molar-refractivity contribution in [1.29, 1.82) is 0 Å². The van der Waals surface area contributed by atoms with Crippen LogP contribution in [0.5, 0.6) is 0 Å². The van der Waals surface area contributed by atoms with Crippen LogP contribution >= 0.6 is 0 Å². The van der Waals surface area contributed by atoms with Crippen LogP contribution in [0.4, 0.5) is 4.79 Å². The Hall–Kier alpha value is -4.13. The van der Waals surface area contributed by atoms with Crippen LogP contribution in [-0.2, 0) is 20.9 Å². The molecule has 3 aromatic carbocycles. The van der Waals surface area contributed by atoms with E-state index in [0.29, 0.717) is 13.1 Å². The number of aliphatic carboxylic acids is 1. The number of carboxylic acids is 1. The van der Waals surface area contributed by atoms with Gasteiger partial charge in [0.25, 0.3) is 0 Å². The van der Waals surface area contributed by atoms with Gasteiger partial charge in [0.05, 0.1) is 6.42 Å². The first-order chi connectivity index (χ1) is 19.0. The van der Waals surface area contributed by atoms with Gasteiger partial charge in [-0.2, -0.15) is 0 Å². The number of benzene rings is 3. The third-order valence-corrected chi connectivity index (χ3v) is 7.95. The zero-order valence-electron chi connectivity index (χ0n) is 21.9. The van der Waals surface area contributed by atoms with E-state index in [0.717, 1.165) is 36.0 Å². The Kier molecular flexibility index (Phi) is 8.25. The Balaban J connectivity index is 1.18. The number of hydrogen-bond acceptors (Lipinski definition) is 4. The number of carboxylic acid groups (broad SMARTS) is 1. The highest BCUT2D eigenvalue weighted by molar-refractivity contribution is 5.81. The highest BCUT2D eigenvalue weighted by atomic mass is 16.5. The molecule has 7 heteroatoms.